The van der Waals surface area contributed by atoms with E-state index >= 15 is 0 Å². The Labute approximate surface area is 194 Å². The average molecular weight is 439 g/mol. The van der Waals surface area contributed by atoms with E-state index < -0.39 is 0 Å². The van der Waals surface area contributed by atoms with Gasteiger partial charge in [-0.05, 0) is 80.9 Å². The van der Waals surface area contributed by atoms with Crippen LogP contribution in [-0.2, 0) is 0 Å². The normalized spacial score (nSPS) is 21.1. The Bertz CT molecular complexity index is 1250. The summed E-state index contributed by atoms with van der Waals surface area (Å²) in [7, 11) is 0. The molecule has 4 heterocycles. The Balaban J connectivity index is 1.26. The standard InChI is InChI=1S/C27H30N6/c1-19-16-29-27(30-22-9-11-23(12-10-22)32-14-5-15-32)31-26(19)24-17-28-25-13-8-21(18-33(24)25)20-6-3-2-4-7-20/h2-4,6-8,13,16-18,22-23H,5,9-12,14-15H2,1H3,(H,29,30,31)/t22-,23+. The van der Waals surface area contributed by atoms with Gasteiger partial charge in [0.2, 0.25) is 5.95 Å². The maximum Gasteiger partial charge on any atom is 0.223 e. The van der Waals surface area contributed by atoms with Crippen LogP contribution in [0.5, 0.6) is 0 Å². The molecule has 0 atom stereocenters. The maximum atomic E-state index is 4.95. The van der Waals surface area contributed by atoms with Gasteiger partial charge in [0.05, 0.1) is 17.6 Å². The third kappa shape index (κ3) is 4.00. The van der Waals surface area contributed by atoms with Crippen molar-refractivity contribution >= 4 is 11.6 Å². The molecule has 1 aliphatic heterocycles. The zero-order valence-corrected chi connectivity index (χ0v) is 19.1. The van der Waals surface area contributed by atoms with Gasteiger partial charge in [-0.2, -0.15) is 0 Å². The van der Waals surface area contributed by atoms with Crippen molar-refractivity contribution in [3.8, 4) is 22.5 Å². The molecule has 0 unspecified atom stereocenters. The Kier molecular flexibility index (Phi) is 5.30. The van der Waals surface area contributed by atoms with Crippen LogP contribution in [0.4, 0.5) is 5.95 Å². The molecule has 1 aliphatic carbocycles. The molecular weight excluding hydrogens is 408 g/mol. The van der Waals surface area contributed by atoms with Crippen molar-refractivity contribution < 1.29 is 0 Å². The highest BCUT2D eigenvalue weighted by atomic mass is 15.2. The van der Waals surface area contributed by atoms with E-state index in [1.165, 1.54) is 50.8 Å². The van der Waals surface area contributed by atoms with Crippen LogP contribution in [0.25, 0.3) is 28.2 Å². The van der Waals surface area contributed by atoms with Crippen LogP contribution >= 0.6 is 0 Å². The number of nitrogens with one attached hydrogen (secondary N) is 1. The van der Waals surface area contributed by atoms with Crippen LogP contribution in [0.1, 0.15) is 37.7 Å². The molecule has 2 aliphatic rings. The molecule has 0 spiro atoms. The number of hydrogen-bond donors (Lipinski definition) is 1. The molecule has 6 nitrogen and oxygen atoms in total. The lowest BCUT2D eigenvalue weighted by Crippen LogP contribution is -2.47. The van der Waals surface area contributed by atoms with Gasteiger partial charge in [0.15, 0.2) is 0 Å². The van der Waals surface area contributed by atoms with E-state index in [2.05, 4.69) is 74.1 Å². The summed E-state index contributed by atoms with van der Waals surface area (Å²) < 4.78 is 2.14. The molecule has 168 valence electrons. The van der Waals surface area contributed by atoms with Gasteiger partial charge in [0, 0.05) is 24.5 Å². The number of anilines is 1. The third-order valence-corrected chi connectivity index (χ3v) is 7.26. The van der Waals surface area contributed by atoms with Crippen LogP contribution in [0.3, 0.4) is 0 Å². The predicted octanol–water partition coefficient (Wildman–Crippen LogP) is 5.20. The van der Waals surface area contributed by atoms with Crippen molar-refractivity contribution in [1.29, 1.82) is 0 Å². The monoisotopic (exact) mass is 438 g/mol. The van der Waals surface area contributed by atoms with Crippen molar-refractivity contribution in [1.82, 2.24) is 24.3 Å². The van der Waals surface area contributed by atoms with E-state index in [-0.39, 0.29) is 0 Å². The zero-order valence-electron chi connectivity index (χ0n) is 19.1. The Hall–Kier alpha value is -3.25. The number of imidazole rings is 1. The molecule has 6 rings (SSSR count). The Morgan fingerprint density at radius 1 is 0.879 bits per heavy atom. The summed E-state index contributed by atoms with van der Waals surface area (Å²) in [5, 5.41) is 3.62. The van der Waals surface area contributed by atoms with Gasteiger partial charge in [-0.3, -0.25) is 4.40 Å². The number of rotatable bonds is 5. The number of nitrogens with zero attached hydrogens (tertiary/aromatic N) is 5. The van der Waals surface area contributed by atoms with Crippen molar-refractivity contribution in [3.63, 3.8) is 0 Å². The summed E-state index contributed by atoms with van der Waals surface area (Å²) >= 11 is 0. The van der Waals surface area contributed by atoms with E-state index in [1.807, 2.05) is 18.5 Å². The van der Waals surface area contributed by atoms with Gasteiger partial charge in [-0.15, -0.1) is 0 Å². The largest absolute Gasteiger partial charge is 0.351 e. The smallest absolute Gasteiger partial charge is 0.223 e. The van der Waals surface area contributed by atoms with E-state index in [0.717, 1.165) is 40.2 Å². The van der Waals surface area contributed by atoms with Gasteiger partial charge >= 0.3 is 0 Å². The highest BCUT2D eigenvalue weighted by Gasteiger charge is 2.29. The summed E-state index contributed by atoms with van der Waals surface area (Å²) in [5.74, 6) is 0.720. The van der Waals surface area contributed by atoms with E-state index in [0.29, 0.717) is 6.04 Å². The molecule has 1 saturated heterocycles. The second-order valence-electron chi connectivity index (χ2n) is 9.42. The highest BCUT2D eigenvalue weighted by molar-refractivity contribution is 5.69. The lowest BCUT2D eigenvalue weighted by molar-refractivity contribution is 0.0888. The number of likely N-dealkylation sites (tertiary alicyclic amines) is 1. The summed E-state index contributed by atoms with van der Waals surface area (Å²) in [6, 6.07) is 15.9. The van der Waals surface area contributed by atoms with E-state index in [4.69, 9.17) is 4.98 Å². The minimum absolute atomic E-state index is 0.449. The Morgan fingerprint density at radius 3 is 2.45 bits per heavy atom. The third-order valence-electron chi connectivity index (χ3n) is 7.26. The molecule has 0 bridgehead atoms. The number of hydrogen-bond acceptors (Lipinski definition) is 5. The number of aromatic nitrogens is 4. The highest BCUT2D eigenvalue weighted by Crippen LogP contribution is 2.29. The summed E-state index contributed by atoms with van der Waals surface area (Å²) in [5.41, 5.74) is 6.24. The fourth-order valence-corrected chi connectivity index (χ4v) is 5.20. The first-order valence-corrected chi connectivity index (χ1v) is 12.1. The lowest BCUT2D eigenvalue weighted by Gasteiger charge is -2.42. The van der Waals surface area contributed by atoms with Gasteiger partial charge in [0.25, 0.3) is 0 Å². The minimum atomic E-state index is 0.449. The lowest BCUT2D eigenvalue weighted by atomic mass is 9.89. The second-order valence-corrected chi connectivity index (χ2v) is 9.42. The quantitative estimate of drug-likeness (QED) is 0.464. The van der Waals surface area contributed by atoms with Crippen molar-refractivity contribution in [2.45, 2.75) is 51.1 Å². The molecule has 2 fully saturated rings. The van der Waals surface area contributed by atoms with Crippen LogP contribution in [-0.4, -0.2) is 49.4 Å². The summed E-state index contributed by atoms with van der Waals surface area (Å²) in [4.78, 5) is 16.8. The molecule has 3 aromatic heterocycles. The molecule has 33 heavy (non-hydrogen) atoms. The van der Waals surface area contributed by atoms with Gasteiger partial charge in [-0.25, -0.2) is 15.0 Å². The number of fused-ring (bicyclic) bond motifs is 1. The molecule has 1 aromatic carbocycles. The molecule has 4 aromatic rings. The molecule has 1 saturated carbocycles. The van der Waals surface area contributed by atoms with Crippen molar-refractivity contribution in [2.24, 2.45) is 0 Å². The number of benzene rings is 1. The SMILES string of the molecule is Cc1cnc(N[C@H]2CC[C@@H](N3CCC3)CC2)nc1-c1cnc2ccc(-c3ccccc3)cn12. The first kappa shape index (κ1) is 20.4. The molecular formula is C27H30N6. The predicted molar refractivity (Wildman–Crippen MR) is 132 cm³/mol. The summed E-state index contributed by atoms with van der Waals surface area (Å²) in [6.07, 6.45) is 12.3. The fourth-order valence-electron chi connectivity index (χ4n) is 5.20. The topological polar surface area (TPSA) is 58.4 Å². The van der Waals surface area contributed by atoms with Crippen molar-refractivity contribution in [3.05, 3.63) is 66.6 Å². The molecule has 1 N–H and O–H groups in total. The molecule has 6 heteroatoms. The van der Waals surface area contributed by atoms with Gasteiger partial charge in [-0.1, -0.05) is 30.3 Å². The maximum absolute atomic E-state index is 4.95. The van der Waals surface area contributed by atoms with Gasteiger partial charge < -0.3 is 10.2 Å². The molecule has 0 radical (unpaired) electrons. The average Bonchev–Trinajstić information content (AvgIpc) is 3.24. The van der Waals surface area contributed by atoms with Gasteiger partial charge in [0.1, 0.15) is 5.65 Å². The van der Waals surface area contributed by atoms with Crippen LogP contribution in [0.2, 0.25) is 0 Å². The second kappa shape index (κ2) is 8.60. The summed E-state index contributed by atoms with van der Waals surface area (Å²) in [6.45, 7) is 4.65. The first-order valence-electron chi connectivity index (χ1n) is 12.1. The van der Waals surface area contributed by atoms with Crippen molar-refractivity contribution in [2.75, 3.05) is 18.4 Å². The fraction of sp³-hybridized carbons (Fsp3) is 0.370. The van der Waals surface area contributed by atoms with Crippen LogP contribution in [0, 0.1) is 6.92 Å². The van der Waals surface area contributed by atoms with Crippen LogP contribution in [0.15, 0.2) is 61.1 Å². The number of aryl methyl sites for hydroxylation is 1. The Morgan fingerprint density at radius 2 is 1.70 bits per heavy atom. The van der Waals surface area contributed by atoms with Crippen LogP contribution < -0.4 is 5.32 Å². The zero-order chi connectivity index (χ0) is 22.2. The van der Waals surface area contributed by atoms with E-state index in [9.17, 15) is 0 Å². The minimum Gasteiger partial charge on any atom is -0.351 e. The first-order chi connectivity index (χ1) is 16.2. The van der Waals surface area contributed by atoms with E-state index in [1.54, 1.807) is 0 Å². The molecule has 0 amide bonds. The number of pyridine rings is 1.